The number of quaternary nitrogens is 1. The highest BCUT2D eigenvalue weighted by atomic mass is 32.2. The summed E-state index contributed by atoms with van der Waals surface area (Å²) in [5.41, 5.74) is 1.53. The molecular formula is C17H20N3O5S+. The van der Waals surface area contributed by atoms with Crippen molar-refractivity contribution in [2.45, 2.75) is 24.4 Å². The first-order valence-corrected chi connectivity index (χ1v) is 9.53. The number of hydrogen-bond acceptors (Lipinski definition) is 5. The molecule has 0 saturated carbocycles. The molecule has 0 unspecified atom stereocenters. The van der Waals surface area contributed by atoms with E-state index in [0.717, 1.165) is 11.3 Å². The van der Waals surface area contributed by atoms with Crippen LogP contribution in [0.2, 0.25) is 0 Å². The first kappa shape index (κ1) is 18.2. The first-order chi connectivity index (χ1) is 12.3. The minimum absolute atomic E-state index is 0.00193. The average molecular weight is 378 g/mol. The van der Waals surface area contributed by atoms with Crippen molar-refractivity contribution in [1.29, 1.82) is 0 Å². The molecule has 1 amide bonds. The normalized spacial score (nSPS) is 14.1. The van der Waals surface area contributed by atoms with Crippen LogP contribution in [0.15, 0.2) is 47.4 Å². The van der Waals surface area contributed by atoms with Gasteiger partial charge in [0.15, 0.2) is 17.5 Å². The van der Waals surface area contributed by atoms with Crippen molar-refractivity contribution in [1.82, 2.24) is 0 Å². The van der Waals surface area contributed by atoms with Gasteiger partial charge in [0.25, 0.3) is 5.91 Å². The molecule has 3 rings (SSSR count). The fourth-order valence-electron chi connectivity index (χ4n) is 2.47. The van der Waals surface area contributed by atoms with E-state index in [1.54, 1.807) is 6.92 Å². The zero-order valence-corrected chi connectivity index (χ0v) is 15.0. The van der Waals surface area contributed by atoms with E-state index in [0.29, 0.717) is 18.0 Å². The number of carbonyl (C=O) groups is 1. The lowest BCUT2D eigenvalue weighted by Crippen LogP contribution is -2.90. The number of benzene rings is 2. The molecule has 8 nitrogen and oxygen atoms in total. The molecule has 138 valence electrons. The lowest BCUT2D eigenvalue weighted by molar-refractivity contribution is -0.688. The van der Waals surface area contributed by atoms with Crippen LogP contribution < -0.4 is 25.2 Å². The van der Waals surface area contributed by atoms with E-state index in [1.165, 1.54) is 24.3 Å². The number of anilines is 1. The Hall–Kier alpha value is -2.62. The van der Waals surface area contributed by atoms with Crippen LogP contribution >= 0.6 is 0 Å². The van der Waals surface area contributed by atoms with Gasteiger partial charge in [0.2, 0.25) is 16.8 Å². The molecule has 0 fully saturated rings. The Morgan fingerprint density at radius 2 is 1.88 bits per heavy atom. The van der Waals surface area contributed by atoms with Crippen LogP contribution in [-0.4, -0.2) is 27.2 Å². The predicted octanol–water partition coefficient (Wildman–Crippen LogP) is 0.153. The smallest absolute Gasteiger partial charge is 0.282 e. The van der Waals surface area contributed by atoms with E-state index in [4.69, 9.17) is 14.6 Å². The molecule has 0 spiro atoms. The van der Waals surface area contributed by atoms with Gasteiger partial charge in [-0.15, -0.1) is 0 Å². The summed E-state index contributed by atoms with van der Waals surface area (Å²) in [5.74, 6) is 1.25. The van der Waals surface area contributed by atoms with Crippen LogP contribution in [0.4, 0.5) is 5.69 Å². The molecule has 9 heteroatoms. The summed E-state index contributed by atoms with van der Waals surface area (Å²) in [4.78, 5) is 12.3. The summed E-state index contributed by atoms with van der Waals surface area (Å²) in [5, 5.41) is 9.69. The number of sulfonamides is 1. The SMILES string of the molecule is C[C@H]([NH2+]Cc1ccc2c(c1)OCO2)C(=O)Nc1ccc(S(N)(=O)=O)cc1. The van der Waals surface area contributed by atoms with Gasteiger partial charge in [0, 0.05) is 11.3 Å². The van der Waals surface area contributed by atoms with Crippen molar-refractivity contribution in [2.24, 2.45) is 5.14 Å². The molecule has 0 bridgehead atoms. The lowest BCUT2D eigenvalue weighted by atomic mass is 10.2. The average Bonchev–Trinajstić information content (AvgIpc) is 3.07. The van der Waals surface area contributed by atoms with Crippen molar-refractivity contribution in [3.63, 3.8) is 0 Å². The van der Waals surface area contributed by atoms with Gasteiger partial charge in [0.05, 0.1) is 4.90 Å². The third kappa shape index (κ3) is 4.31. The van der Waals surface area contributed by atoms with Crippen molar-refractivity contribution in [3.05, 3.63) is 48.0 Å². The van der Waals surface area contributed by atoms with Gasteiger partial charge in [-0.3, -0.25) is 4.79 Å². The largest absolute Gasteiger partial charge is 0.454 e. The third-order valence-corrected chi connectivity index (χ3v) is 4.94. The van der Waals surface area contributed by atoms with Crippen LogP contribution in [0.1, 0.15) is 12.5 Å². The summed E-state index contributed by atoms with van der Waals surface area (Å²) in [6.45, 7) is 2.63. The van der Waals surface area contributed by atoms with Crippen molar-refractivity contribution < 1.29 is 28.0 Å². The molecular weight excluding hydrogens is 358 g/mol. The molecule has 0 saturated heterocycles. The Balaban J connectivity index is 1.54. The van der Waals surface area contributed by atoms with Gasteiger partial charge < -0.3 is 20.1 Å². The Labute approximate surface area is 151 Å². The van der Waals surface area contributed by atoms with Gasteiger partial charge in [-0.25, -0.2) is 13.6 Å². The number of nitrogens with one attached hydrogen (secondary N) is 1. The highest BCUT2D eigenvalue weighted by Crippen LogP contribution is 2.32. The van der Waals surface area contributed by atoms with Crippen LogP contribution in [0.5, 0.6) is 11.5 Å². The van der Waals surface area contributed by atoms with E-state index in [9.17, 15) is 13.2 Å². The zero-order valence-electron chi connectivity index (χ0n) is 14.1. The molecule has 0 aliphatic carbocycles. The third-order valence-electron chi connectivity index (χ3n) is 4.01. The second kappa shape index (κ2) is 7.32. The van der Waals surface area contributed by atoms with Gasteiger partial charge in [0.1, 0.15) is 6.54 Å². The Morgan fingerprint density at radius 1 is 1.19 bits per heavy atom. The van der Waals surface area contributed by atoms with Gasteiger partial charge in [-0.1, -0.05) is 0 Å². The zero-order chi connectivity index (χ0) is 18.7. The van der Waals surface area contributed by atoms with Gasteiger partial charge >= 0.3 is 0 Å². The number of hydrogen-bond donors (Lipinski definition) is 3. The van der Waals surface area contributed by atoms with Crippen LogP contribution in [0, 0.1) is 0 Å². The Bertz CT molecular complexity index is 912. The van der Waals surface area contributed by atoms with E-state index < -0.39 is 10.0 Å². The molecule has 26 heavy (non-hydrogen) atoms. The van der Waals surface area contributed by atoms with Crippen molar-refractivity contribution in [3.8, 4) is 11.5 Å². The number of ether oxygens (including phenoxy) is 2. The van der Waals surface area contributed by atoms with E-state index in [2.05, 4.69) is 5.32 Å². The van der Waals surface area contributed by atoms with E-state index in [-0.39, 0.29) is 23.6 Å². The minimum atomic E-state index is -3.75. The lowest BCUT2D eigenvalue weighted by Gasteiger charge is -2.12. The molecule has 1 aliphatic heterocycles. The standard InChI is InChI=1S/C17H19N3O5S/c1-11(19-9-12-2-7-15-16(8-12)25-10-24-15)17(21)20-13-3-5-14(6-4-13)26(18,22)23/h2-8,11,19H,9-10H2,1H3,(H,20,21)(H2,18,22,23)/p+1/t11-/m0/s1. The molecule has 1 heterocycles. The van der Waals surface area contributed by atoms with Crippen LogP contribution in [-0.2, 0) is 21.4 Å². The number of carbonyl (C=O) groups excluding carboxylic acids is 1. The second-order valence-corrected chi connectivity index (χ2v) is 7.54. The first-order valence-electron chi connectivity index (χ1n) is 7.98. The van der Waals surface area contributed by atoms with Crippen molar-refractivity contribution >= 4 is 21.6 Å². The molecule has 1 atom stereocenters. The van der Waals surface area contributed by atoms with Crippen LogP contribution in [0.25, 0.3) is 0 Å². The molecule has 2 aromatic carbocycles. The second-order valence-electron chi connectivity index (χ2n) is 5.97. The number of nitrogens with two attached hydrogens (primary N) is 2. The van der Waals surface area contributed by atoms with E-state index in [1.807, 2.05) is 23.5 Å². The molecule has 5 N–H and O–H groups in total. The topological polar surface area (TPSA) is 124 Å². The van der Waals surface area contributed by atoms with E-state index >= 15 is 0 Å². The minimum Gasteiger partial charge on any atom is -0.454 e. The Morgan fingerprint density at radius 3 is 2.58 bits per heavy atom. The van der Waals surface area contributed by atoms with Crippen molar-refractivity contribution in [2.75, 3.05) is 12.1 Å². The van der Waals surface area contributed by atoms with Gasteiger partial charge in [-0.2, -0.15) is 0 Å². The molecule has 0 aromatic heterocycles. The summed E-state index contributed by atoms with van der Waals surface area (Å²) < 4.78 is 33.1. The highest BCUT2D eigenvalue weighted by molar-refractivity contribution is 7.89. The molecule has 1 aliphatic rings. The number of fused-ring (bicyclic) bond motifs is 1. The maximum Gasteiger partial charge on any atom is 0.282 e. The monoisotopic (exact) mass is 378 g/mol. The number of amides is 1. The molecule has 0 radical (unpaired) electrons. The quantitative estimate of drug-likeness (QED) is 0.660. The predicted molar refractivity (Wildman–Crippen MR) is 94.1 cm³/mol. The maximum absolute atomic E-state index is 12.3. The summed E-state index contributed by atoms with van der Waals surface area (Å²) in [6.07, 6.45) is 0. The summed E-state index contributed by atoms with van der Waals surface area (Å²) >= 11 is 0. The highest BCUT2D eigenvalue weighted by Gasteiger charge is 2.18. The summed E-state index contributed by atoms with van der Waals surface area (Å²) in [7, 11) is -3.75. The summed E-state index contributed by atoms with van der Waals surface area (Å²) in [6, 6.07) is 11.1. The van der Waals surface area contributed by atoms with Gasteiger partial charge in [-0.05, 0) is 49.4 Å². The van der Waals surface area contributed by atoms with Crippen LogP contribution in [0.3, 0.4) is 0 Å². The number of rotatable bonds is 6. The fourth-order valence-corrected chi connectivity index (χ4v) is 2.99. The maximum atomic E-state index is 12.3. The number of primary sulfonamides is 1. The Kier molecular flexibility index (Phi) is 5.12. The fraction of sp³-hybridized carbons (Fsp3) is 0.235. The molecule has 2 aromatic rings.